The van der Waals surface area contributed by atoms with Crippen molar-refractivity contribution in [3.8, 4) is 0 Å². The molecular formula is C21H27NO4. The molecule has 0 spiro atoms. The lowest BCUT2D eigenvalue weighted by Crippen LogP contribution is -2.40. The summed E-state index contributed by atoms with van der Waals surface area (Å²) in [4.78, 5) is 36.7. The fourth-order valence-electron chi connectivity index (χ4n) is 4.30. The van der Waals surface area contributed by atoms with Crippen LogP contribution in [0.3, 0.4) is 0 Å². The number of para-hydroxylation sites is 1. The van der Waals surface area contributed by atoms with E-state index in [0.717, 1.165) is 42.5 Å². The van der Waals surface area contributed by atoms with Crippen LogP contribution in [0.25, 0.3) is 0 Å². The van der Waals surface area contributed by atoms with Crippen LogP contribution in [0.4, 0.5) is 5.69 Å². The molecule has 1 N–H and O–H groups in total. The van der Waals surface area contributed by atoms with E-state index in [4.69, 9.17) is 4.74 Å². The number of amides is 1. The van der Waals surface area contributed by atoms with E-state index >= 15 is 0 Å². The van der Waals surface area contributed by atoms with Gasteiger partial charge < -0.3 is 10.1 Å². The molecule has 1 aromatic carbocycles. The van der Waals surface area contributed by atoms with Crippen molar-refractivity contribution >= 4 is 23.3 Å². The Morgan fingerprint density at radius 2 is 1.88 bits per heavy atom. The van der Waals surface area contributed by atoms with Gasteiger partial charge in [0.1, 0.15) is 5.78 Å². The van der Waals surface area contributed by atoms with Gasteiger partial charge in [-0.1, -0.05) is 31.5 Å². The standard InChI is InChI=1S/C21H27NO4/c1-3-14-7-4-6-13(2)19(14)22-18(23)12-26-21(25)17-10-15-8-5-9-16(11-17)20(15)24/h4,6-7,15-17H,3,5,8-12H2,1-2H3,(H,22,23)/t15-,16+,17?. The highest BCUT2D eigenvalue weighted by Gasteiger charge is 2.41. The molecule has 2 aliphatic carbocycles. The second-order valence-electron chi connectivity index (χ2n) is 7.51. The lowest BCUT2D eigenvalue weighted by molar-refractivity contribution is -0.155. The van der Waals surface area contributed by atoms with Crippen molar-refractivity contribution in [3.05, 3.63) is 29.3 Å². The Morgan fingerprint density at radius 3 is 2.54 bits per heavy atom. The van der Waals surface area contributed by atoms with Crippen LogP contribution >= 0.6 is 0 Å². The van der Waals surface area contributed by atoms with E-state index in [1.54, 1.807) is 0 Å². The first-order valence-electron chi connectivity index (χ1n) is 9.58. The lowest BCUT2D eigenvalue weighted by atomic mass is 9.67. The molecule has 1 aromatic rings. The van der Waals surface area contributed by atoms with Gasteiger partial charge in [-0.2, -0.15) is 0 Å². The van der Waals surface area contributed by atoms with Gasteiger partial charge in [0.2, 0.25) is 0 Å². The van der Waals surface area contributed by atoms with Crippen LogP contribution in [0.2, 0.25) is 0 Å². The fraction of sp³-hybridized carbons (Fsp3) is 0.571. The minimum absolute atomic E-state index is 0.00737. The van der Waals surface area contributed by atoms with Crippen LogP contribution < -0.4 is 5.32 Å². The first-order valence-corrected chi connectivity index (χ1v) is 9.58. The Labute approximate surface area is 154 Å². The second kappa shape index (κ2) is 8.02. The summed E-state index contributed by atoms with van der Waals surface area (Å²) in [7, 11) is 0. The van der Waals surface area contributed by atoms with Crippen LogP contribution in [0.15, 0.2) is 18.2 Å². The molecule has 2 fully saturated rings. The molecule has 2 bridgehead atoms. The maximum Gasteiger partial charge on any atom is 0.309 e. The van der Waals surface area contributed by atoms with Gasteiger partial charge in [-0.3, -0.25) is 14.4 Å². The van der Waals surface area contributed by atoms with Gasteiger partial charge in [-0.15, -0.1) is 0 Å². The number of carbonyl (C=O) groups is 3. The van der Waals surface area contributed by atoms with Crippen molar-refractivity contribution < 1.29 is 19.1 Å². The predicted octanol–water partition coefficient (Wildman–Crippen LogP) is 3.43. The first kappa shape index (κ1) is 18.6. The SMILES string of the molecule is CCc1cccc(C)c1NC(=O)COC(=O)C1C[C@H]2CCC[C@@H](C1)C2=O. The zero-order valence-electron chi connectivity index (χ0n) is 15.5. The van der Waals surface area contributed by atoms with Crippen molar-refractivity contribution in [3.63, 3.8) is 0 Å². The van der Waals surface area contributed by atoms with Gasteiger partial charge in [0.15, 0.2) is 6.61 Å². The van der Waals surface area contributed by atoms with Crippen LogP contribution in [0.1, 0.15) is 50.2 Å². The summed E-state index contributed by atoms with van der Waals surface area (Å²) in [6, 6.07) is 5.89. The summed E-state index contributed by atoms with van der Waals surface area (Å²) < 4.78 is 5.27. The van der Waals surface area contributed by atoms with Crippen molar-refractivity contribution in [1.82, 2.24) is 0 Å². The summed E-state index contributed by atoms with van der Waals surface area (Å²) in [5.41, 5.74) is 2.85. The molecule has 3 atom stereocenters. The number of Topliss-reactive ketones (excluding diaryl/α,β-unsaturated/α-hetero) is 1. The van der Waals surface area contributed by atoms with Crippen LogP contribution in [0.5, 0.6) is 0 Å². The highest BCUT2D eigenvalue weighted by atomic mass is 16.5. The minimum Gasteiger partial charge on any atom is -0.455 e. The first-order chi connectivity index (χ1) is 12.5. The molecule has 5 heteroatoms. The van der Waals surface area contributed by atoms with Crippen molar-refractivity contribution in [2.24, 2.45) is 17.8 Å². The summed E-state index contributed by atoms with van der Waals surface area (Å²) in [6.45, 7) is 3.69. The predicted molar refractivity (Wildman–Crippen MR) is 98.7 cm³/mol. The maximum absolute atomic E-state index is 12.4. The third-order valence-corrected chi connectivity index (χ3v) is 5.73. The zero-order valence-corrected chi connectivity index (χ0v) is 15.5. The summed E-state index contributed by atoms with van der Waals surface area (Å²) >= 11 is 0. The minimum atomic E-state index is -0.343. The number of hydrogen-bond acceptors (Lipinski definition) is 4. The molecule has 0 heterocycles. The molecule has 140 valence electrons. The number of ether oxygens (including phenoxy) is 1. The topological polar surface area (TPSA) is 72.5 Å². The zero-order chi connectivity index (χ0) is 18.7. The average molecular weight is 357 g/mol. The fourth-order valence-corrected chi connectivity index (χ4v) is 4.30. The number of fused-ring (bicyclic) bond motifs is 2. The summed E-state index contributed by atoms with van der Waals surface area (Å²) in [5, 5.41) is 2.86. The lowest BCUT2D eigenvalue weighted by Gasteiger charge is -2.36. The number of carbonyl (C=O) groups excluding carboxylic acids is 3. The van der Waals surface area contributed by atoms with Gasteiger partial charge in [0.25, 0.3) is 5.91 Å². The summed E-state index contributed by atoms with van der Waals surface area (Å²) in [5.74, 6) is -0.578. The molecule has 1 amide bonds. The van der Waals surface area contributed by atoms with Gasteiger partial charge in [-0.05, 0) is 50.2 Å². The Morgan fingerprint density at radius 1 is 1.19 bits per heavy atom. The Hall–Kier alpha value is -2.17. The highest BCUT2D eigenvalue weighted by molar-refractivity contribution is 5.94. The van der Waals surface area contributed by atoms with E-state index in [1.165, 1.54) is 0 Å². The number of anilines is 1. The third-order valence-electron chi connectivity index (χ3n) is 5.73. The van der Waals surface area contributed by atoms with E-state index in [1.807, 2.05) is 32.0 Å². The van der Waals surface area contributed by atoms with Crippen LogP contribution in [0, 0.1) is 24.7 Å². The molecule has 1 unspecified atom stereocenters. The van der Waals surface area contributed by atoms with E-state index in [-0.39, 0.29) is 36.2 Å². The number of nitrogens with one attached hydrogen (secondary N) is 1. The molecule has 3 rings (SSSR count). The number of hydrogen-bond donors (Lipinski definition) is 1. The molecule has 2 saturated carbocycles. The average Bonchev–Trinajstić information content (AvgIpc) is 2.61. The Kier molecular flexibility index (Phi) is 5.74. The van der Waals surface area contributed by atoms with Gasteiger partial charge in [0.05, 0.1) is 5.92 Å². The quantitative estimate of drug-likeness (QED) is 0.820. The number of benzene rings is 1. The molecular weight excluding hydrogens is 330 g/mol. The third kappa shape index (κ3) is 3.97. The van der Waals surface area contributed by atoms with E-state index < -0.39 is 0 Å². The monoisotopic (exact) mass is 357 g/mol. The van der Waals surface area contributed by atoms with Gasteiger partial charge in [0, 0.05) is 17.5 Å². The number of rotatable bonds is 5. The normalized spacial score (nSPS) is 24.8. The molecule has 5 nitrogen and oxygen atoms in total. The Bertz CT molecular complexity index is 696. The molecule has 0 aromatic heterocycles. The molecule has 0 radical (unpaired) electrons. The van der Waals surface area contributed by atoms with Gasteiger partial charge in [-0.25, -0.2) is 0 Å². The van der Waals surface area contributed by atoms with Crippen molar-refractivity contribution in [1.29, 1.82) is 0 Å². The maximum atomic E-state index is 12.4. The van der Waals surface area contributed by atoms with E-state index in [0.29, 0.717) is 18.6 Å². The van der Waals surface area contributed by atoms with Crippen molar-refractivity contribution in [2.75, 3.05) is 11.9 Å². The second-order valence-corrected chi connectivity index (χ2v) is 7.51. The number of ketones is 1. The molecule has 2 aliphatic rings. The summed E-state index contributed by atoms with van der Waals surface area (Å²) in [6.07, 6.45) is 4.80. The Balaban J connectivity index is 1.53. The molecule has 26 heavy (non-hydrogen) atoms. The molecule has 0 saturated heterocycles. The molecule has 0 aliphatic heterocycles. The van der Waals surface area contributed by atoms with Gasteiger partial charge >= 0.3 is 5.97 Å². The van der Waals surface area contributed by atoms with Crippen molar-refractivity contribution in [2.45, 2.75) is 52.4 Å². The van der Waals surface area contributed by atoms with E-state index in [2.05, 4.69) is 5.32 Å². The highest BCUT2D eigenvalue weighted by Crippen LogP contribution is 2.40. The number of esters is 1. The number of aryl methyl sites for hydroxylation is 2. The largest absolute Gasteiger partial charge is 0.455 e. The smallest absolute Gasteiger partial charge is 0.309 e. The van der Waals surface area contributed by atoms with Crippen LogP contribution in [-0.2, 0) is 25.5 Å². The van der Waals surface area contributed by atoms with E-state index in [9.17, 15) is 14.4 Å². The van der Waals surface area contributed by atoms with Crippen LogP contribution in [-0.4, -0.2) is 24.3 Å².